The molecule has 0 aliphatic rings. The molecule has 1 aromatic carbocycles. The fourth-order valence-electron chi connectivity index (χ4n) is 2.51. The summed E-state index contributed by atoms with van der Waals surface area (Å²) in [6.45, 7) is 10.7. The van der Waals surface area contributed by atoms with E-state index in [4.69, 9.17) is 10.2 Å². The second-order valence-electron chi connectivity index (χ2n) is 7.88. The fourth-order valence-corrected chi connectivity index (χ4v) is 3.80. The molecule has 0 saturated carbocycles. The summed E-state index contributed by atoms with van der Waals surface area (Å²) in [6.07, 6.45) is -0.480. The molecule has 5 N–H and O–H groups in total. The number of nitrogens with one attached hydrogen (secondary N) is 1. The Morgan fingerprint density at radius 3 is 2.46 bits per heavy atom. The van der Waals surface area contributed by atoms with Crippen LogP contribution in [0.15, 0.2) is 23.0 Å². The van der Waals surface area contributed by atoms with E-state index in [9.17, 15) is 19.8 Å². The molecule has 1 aromatic heterocycles. The number of aromatic nitrogens is 1. The molecule has 0 unspecified atom stereocenters. The second kappa shape index (κ2) is 6.86. The molecule has 7 nitrogen and oxygen atoms in total. The van der Waals surface area contributed by atoms with Gasteiger partial charge in [-0.2, -0.15) is 0 Å². The Balaban J connectivity index is 2.67. The van der Waals surface area contributed by atoms with E-state index < -0.39 is 31.5 Å². The molecule has 1 heterocycles. The highest BCUT2D eigenvalue weighted by Gasteiger charge is 2.39. The van der Waals surface area contributed by atoms with Gasteiger partial charge in [0.2, 0.25) is 0 Å². The van der Waals surface area contributed by atoms with E-state index in [-0.39, 0.29) is 22.8 Å². The molecular weight excluding hydrogens is 352 g/mol. The van der Waals surface area contributed by atoms with Gasteiger partial charge >= 0.3 is 5.97 Å². The van der Waals surface area contributed by atoms with E-state index in [0.29, 0.717) is 10.9 Å². The number of aromatic amines is 1. The van der Waals surface area contributed by atoms with E-state index in [1.165, 1.54) is 12.1 Å². The maximum atomic E-state index is 11.9. The largest absolute Gasteiger partial charge is 0.506 e. The number of phenols is 1. The van der Waals surface area contributed by atoms with Crippen molar-refractivity contribution < 1.29 is 19.4 Å². The number of fused-ring (bicyclic) bond motifs is 1. The van der Waals surface area contributed by atoms with E-state index >= 15 is 0 Å². The van der Waals surface area contributed by atoms with Crippen LogP contribution in [0.4, 0.5) is 0 Å². The van der Waals surface area contributed by atoms with Crippen molar-refractivity contribution in [2.24, 2.45) is 5.73 Å². The highest BCUT2D eigenvalue weighted by molar-refractivity contribution is 6.74. The van der Waals surface area contributed by atoms with Crippen molar-refractivity contribution in [3.8, 4) is 5.75 Å². The predicted octanol–water partition coefficient (Wildman–Crippen LogP) is 2.95. The summed E-state index contributed by atoms with van der Waals surface area (Å²) in [5.41, 5.74) is 5.61. The zero-order valence-corrected chi connectivity index (χ0v) is 16.7. The minimum Gasteiger partial charge on any atom is -0.506 e. The molecule has 0 aliphatic carbocycles. The average molecular weight is 379 g/mol. The lowest BCUT2D eigenvalue weighted by Gasteiger charge is -2.39. The van der Waals surface area contributed by atoms with Crippen molar-refractivity contribution >= 4 is 25.2 Å². The van der Waals surface area contributed by atoms with Gasteiger partial charge in [0.25, 0.3) is 5.56 Å². The number of carboxylic acids is 1. The smallest absolute Gasteiger partial charge is 0.341 e. The standard InChI is InChI=1S/C18H26N2O5Si/c1-18(2,3)26(4,5)25-14(9-19)10-6-7-13(21)15-11(10)8-12(17(23)24)16(22)20-15/h6-8,14,21H,9,19H2,1-5H3,(H,20,22)(H,23,24)/t14-/m0/s1. The summed E-state index contributed by atoms with van der Waals surface area (Å²) in [4.78, 5) is 25.7. The number of carbonyl (C=O) groups is 1. The molecule has 1 atom stereocenters. The molecule has 26 heavy (non-hydrogen) atoms. The maximum Gasteiger partial charge on any atom is 0.341 e. The average Bonchev–Trinajstić information content (AvgIpc) is 2.52. The van der Waals surface area contributed by atoms with Crippen molar-refractivity contribution in [3.05, 3.63) is 39.7 Å². The number of phenolic OH excluding ortho intramolecular Hbond substituents is 1. The van der Waals surface area contributed by atoms with Gasteiger partial charge in [-0.15, -0.1) is 0 Å². The zero-order chi connectivity index (χ0) is 19.9. The lowest BCUT2D eigenvalue weighted by molar-refractivity contribution is 0.0695. The number of pyridine rings is 1. The van der Waals surface area contributed by atoms with Crippen LogP contribution >= 0.6 is 0 Å². The van der Waals surface area contributed by atoms with E-state index in [1.807, 2.05) is 0 Å². The Kier molecular flexibility index (Phi) is 5.32. The number of H-pyrrole nitrogens is 1. The van der Waals surface area contributed by atoms with Crippen molar-refractivity contribution in [3.63, 3.8) is 0 Å². The van der Waals surface area contributed by atoms with E-state index in [2.05, 4.69) is 38.8 Å². The van der Waals surface area contributed by atoms with Crippen LogP contribution < -0.4 is 11.3 Å². The first-order chi connectivity index (χ1) is 11.9. The van der Waals surface area contributed by atoms with Gasteiger partial charge in [-0.1, -0.05) is 26.8 Å². The summed E-state index contributed by atoms with van der Waals surface area (Å²) in [5.74, 6) is -1.47. The Morgan fingerprint density at radius 1 is 1.35 bits per heavy atom. The van der Waals surface area contributed by atoms with Crippen LogP contribution in [0.3, 0.4) is 0 Å². The zero-order valence-electron chi connectivity index (χ0n) is 15.7. The third kappa shape index (κ3) is 3.67. The maximum absolute atomic E-state index is 11.9. The summed E-state index contributed by atoms with van der Waals surface area (Å²) in [7, 11) is -2.15. The monoisotopic (exact) mass is 378 g/mol. The normalized spacial score (nSPS) is 13.8. The highest BCUT2D eigenvalue weighted by Crippen LogP contribution is 2.41. The molecule has 8 heteroatoms. The van der Waals surface area contributed by atoms with Crippen LogP contribution in [0.25, 0.3) is 10.9 Å². The minimum absolute atomic E-state index is 0.0340. The number of nitrogens with two attached hydrogens (primary N) is 1. The van der Waals surface area contributed by atoms with E-state index in [0.717, 1.165) is 0 Å². The molecule has 0 spiro atoms. The van der Waals surface area contributed by atoms with Crippen molar-refractivity contribution in [2.45, 2.75) is 45.0 Å². The van der Waals surface area contributed by atoms with Crippen LogP contribution in [0, 0.1) is 0 Å². The Morgan fingerprint density at radius 2 is 1.96 bits per heavy atom. The lowest BCUT2D eigenvalue weighted by atomic mass is 10.0. The van der Waals surface area contributed by atoms with Crippen LogP contribution in [0.1, 0.15) is 42.8 Å². The van der Waals surface area contributed by atoms with Crippen LogP contribution in [-0.4, -0.2) is 36.0 Å². The number of rotatable bonds is 5. The van der Waals surface area contributed by atoms with Gasteiger partial charge in [0, 0.05) is 11.9 Å². The summed E-state index contributed by atoms with van der Waals surface area (Å²) in [5, 5.41) is 19.7. The number of hydrogen-bond acceptors (Lipinski definition) is 5. The van der Waals surface area contributed by atoms with Crippen molar-refractivity contribution in [1.29, 1.82) is 0 Å². The Labute approximate surface area is 152 Å². The summed E-state index contributed by atoms with van der Waals surface area (Å²) >= 11 is 0. The fraction of sp³-hybridized carbons (Fsp3) is 0.444. The first-order valence-electron chi connectivity index (χ1n) is 8.39. The molecule has 0 saturated heterocycles. The van der Waals surface area contributed by atoms with Crippen molar-refractivity contribution in [1.82, 2.24) is 4.98 Å². The molecule has 2 aromatic rings. The summed E-state index contributed by atoms with van der Waals surface area (Å²) < 4.78 is 6.41. The molecule has 142 valence electrons. The van der Waals surface area contributed by atoms with Crippen LogP contribution in [-0.2, 0) is 4.43 Å². The predicted molar refractivity (Wildman–Crippen MR) is 103 cm³/mol. The van der Waals surface area contributed by atoms with Gasteiger partial charge in [-0.3, -0.25) is 4.79 Å². The lowest BCUT2D eigenvalue weighted by Crippen LogP contribution is -2.43. The van der Waals surface area contributed by atoms with Gasteiger partial charge in [-0.25, -0.2) is 4.79 Å². The van der Waals surface area contributed by atoms with Crippen LogP contribution in [0.5, 0.6) is 5.75 Å². The quantitative estimate of drug-likeness (QED) is 0.593. The number of aromatic carboxylic acids is 1. The number of carboxylic acid groups (broad SMARTS) is 1. The van der Waals surface area contributed by atoms with Crippen molar-refractivity contribution in [2.75, 3.05) is 6.54 Å². The van der Waals surface area contributed by atoms with Gasteiger partial charge in [0.1, 0.15) is 11.3 Å². The van der Waals surface area contributed by atoms with Crippen LogP contribution in [0.2, 0.25) is 18.1 Å². The van der Waals surface area contributed by atoms with Gasteiger partial charge in [-0.05, 0) is 35.8 Å². The molecule has 2 rings (SSSR count). The third-order valence-electron chi connectivity index (χ3n) is 5.06. The second-order valence-corrected chi connectivity index (χ2v) is 12.6. The van der Waals surface area contributed by atoms with Gasteiger partial charge in [0.15, 0.2) is 8.32 Å². The summed E-state index contributed by atoms with van der Waals surface area (Å²) in [6, 6.07) is 4.38. The molecule has 0 amide bonds. The first-order valence-corrected chi connectivity index (χ1v) is 11.3. The molecule has 0 bridgehead atoms. The molecule has 0 aliphatic heterocycles. The topological polar surface area (TPSA) is 126 Å². The highest BCUT2D eigenvalue weighted by atomic mass is 28.4. The molecule has 0 radical (unpaired) electrons. The van der Waals surface area contributed by atoms with E-state index in [1.54, 1.807) is 6.07 Å². The number of hydrogen-bond donors (Lipinski definition) is 4. The van der Waals surface area contributed by atoms with Gasteiger partial charge < -0.3 is 25.4 Å². The third-order valence-corrected chi connectivity index (χ3v) is 9.55. The molecular formula is C18H26N2O5Si. The Bertz CT molecular complexity index is 899. The van der Waals surface area contributed by atoms with Gasteiger partial charge in [0.05, 0.1) is 11.6 Å². The molecule has 0 fully saturated rings. The first kappa shape index (κ1) is 20.2. The number of benzene rings is 1. The SMILES string of the molecule is CC(C)(C)[Si](C)(C)O[C@@H](CN)c1ccc(O)c2[nH]c(=O)c(C(=O)O)cc12. The Hall–Kier alpha value is -2.16. The number of aromatic hydroxyl groups is 1. The minimum atomic E-state index is -2.15.